The molecule has 1 N–H and O–H groups in total. The average molecular weight is 421 g/mol. The molecule has 1 atom stereocenters. The van der Waals surface area contributed by atoms with Crippen LogP contribution in [0.5, 0.6) is 5.75 Å². The molecule has 0 aliphatic heterocycles. The van der Waals surface area contributed by atoms with Crippen LogP contribution < -0.4 is 10.1 Å². The lowest BCUT2D eigenvalue weighted by Gasteiger charge is -2.27. The van der Waals surface area contributed by atoms with E-state index in [0.29, 0.717) is 17.9 Å². The van der Waals surface area contributed by atoms with E-state index in [-0.39, 0.29) is 30.1 Å². The van der Waals surface area contributed by atoms with E-state index in [1.807, 2.05) is 56.3 Å². The van der Waals surface area contributed by atoms with Crippen molar-refractivity contribution in [1.29, 1.82) is 0 Å². The van der Waals surface area contributed by atoms with Crippen LogP contribution in [0.25, 0.3) is 0 Å². The Morgan fingerprint density at radius 3 is 2.48 bits per heavy atom. The van der Waals surface area contributed by atoms with Crippen molar-refractivity contribution >= 4 is 11.8 Å². The fraction of sp³-hybridized carbons (Fsp3) is 0.292. The van der Waals surface area contributed by atoms with Gasteiger partial charge in [-0.25, -0.2) is 0 Å². The van der Waals surface area contributed by atoms with E-state index >= 15 is 0 Å². The van der Waals surface area contributed by atoms with Crippen molar-refractivity contribution < 1.29 is 18.8 Å². The molecule has 0 fully saturated rings. The van der Waals surface area contributed by atoms with E-state index in [1.54, 1.807) is 30.2 Å². The lowest BCUT2D eigenvalue weighted by Crippen LogP contribution is -2.37. The summed E-state index contributed by atoms with van der Waals surface area (Å²) in [6.07, 6.45) is 0.794. The van der Waals surface area contributed by atoms with Crippen LogP contribution in [0.1, 0.15) is 52.4 Å². The Balaban J connectivity index is 1.64. The molecule has 2 aromatic carbocycles. The number of hydrogen-bond acceptors (Lipinski definition) is 5. The van der Waals surface area contributed by atoms with Gasteiger partial charge >= 0.3 is 0 Å². The summed E-state index contributed by atoms with van der Waals surface area (Å²) < 4.78 is 10.5. The highest BCUT2D eigenvalue weighted by atomic mass is 16.5. The molecule has 1 unspecified atom stereocenters. The summed E-state index contributed by atoms with van der Waals surface area (Å²) in [5.74, 6) is 0.790. The molecule has 162 valence electrons. The standard InChI is InChI=1S/C24H27N3O4/c1-4-17(2)27(24(29)19-8-6-5-7-9-19)16-21-14-22(26-31-21)23(28)25-15-18-10-12-20(30-3)13-11-18/h5-14,17H,4,15-16H2,1-3H3,(H,25,28). The van der Waals surface area contributed by atoms with Gasteiger partial charge in [-0.1, -0.05) is 42.4 Å². The van der Waals surface area contributed by atoms with Gasteiger partial charge in [0.05, 0.1) is 13.7 Å². The van der Waals surface area contributed by atoms with Gasteiger partial charge in [0.2, 0.25) is 0 Å². The fourth-order valence-corrected chi connectivity index (χ4v) is 3.07. The molecule has 1 heterocycles. The monoisotopic (exact) mass is 421 g/mol. The molecule has 0 saturated carbocycles. The van der Waals surface area contributed by atoms with E-state index in [2.05, 4.69) is 10.5 Å². The largest absolute Gasteiger partial charge is 0.497 e. The predicted molar refractivity (Wildman–Crippen MR) is 117 cm³/mol. The number of hydrogen-bond donors (Lipinski definition) is 1. The highest BCUT2D eigenvalue weighted by molar-refractivity contribution is 5.94. The Bertz CT molecular complexity index is 999. The first kappa shape index (κ1) is 22.1. The zero-order valence-corrected chi connectivity index (χ0v) is 18.0. The molecular weight excluding hydrogens is 394 g/mol. The van der Waals surface area contributed by atoms with E-state index in [9.17, 15) is 9.59 Å². The minimum atomic E-state index is -0.338. The van der Waals surface area contributed by atoms with Gasteiger partial charge in [0.25, 0.3) is 11.8 Å². The predicted octanol–water partition coefficient (Wildman–Crippen LogP) is 4.05. The third-order valence-electron chi connectivity index (χ3n) is 5.13. The molecule has 0 saturated heterocycles. The molecule has 0 aliphatic carbocycles. The van der Waals surface area contributed by atoms with Gasteiger partial charge in [-0.05, 0) is 43.2 Å². The second-order valence-corrected chi connectivity index (χ2v) is 7.27. The van der Waals surface area contributed by atoms with E-state index < -0.39 is 0 Å². The molecule has 0 spiro atoms. The number of nitrogens with one attached hydrogen (secondary N) is 1. The Morgan fingerprint density at radius 2 is 1.84 bits per heavy atom. The average Bonchev–Trinajstić information content (AvgIpc) is 3.30. The molecule has 1 aromatic heterocycles. The molecule has 0 radical (unpaired) electrons. The van der Waals surface area contributed by atoms with Crippen molar-refractivity contribution in [3.8, 4) is 5.75 Å². The first-order chi connectivity index (χ1) is 15.0. The van der Waals surface area contributed by atoms with Crippen molar-refractivity contribution in [2.24, 2.45) is 0 Å². The highest BCUT2D eigenvalue weighted by Crippen LogP contribution is 2.16. The van der Waals surface area contributed by atoms with Gasteiger partial charge in [-0.15, -0.1) is 0 Å². The highest BCUT2D eigenvalue weighted by Gasteiger charge is 2.23. The molecule has 3 rings (SSSR count). The Kier molecular flexibility index (Phi) is 7.43. The summed E-state index contributed by atoms with van der Waals surface area (Å²) in [6, 6.07) is 18.1. The smallest absolute Gasteiger partial charge is 0.273 e. The summed E-state index contributed by atoms with van der Waals surface area (Å²) in [4.78, 5) is 27.1. The third-order valence-corrected chi connectivity index (χ3v) is 5.13. The maximum Gasteiger partial charge on any atom is 0.273 e. The van der Waals surface area contributed by atoms with Crippen LogP contribution in [0.3, 0.4) is 0 Å². The van der Waals surface area contributed by atoms with E-state index in [4.69, 9.17) is 9.26 Å². The van der Waals surface area contributed by atoms with Gasteiger partial charge < -0.3 is 19.5 Å². The maximum absolute atomic E-state index is 13.0. The zero-order chi connectivity index (χ0) is 22.2. The number of rotatable bonds is 9. The van der Waals surface area contributed by atoms with E-state index in [0.717, 1.165) is 17.7 Å². The van der Waals surface area contributed by atoms with Crippen molar-refractivity contribution in [2.75, 3.05) is 7.11 Å². The summed E-state index contributed by atoms with van der Waals surface area (Å²) in [5, 5.41) is 6.70. The lowest BCUT2D eigenvalue weighted by atomic mass is 10.1. The van der Waals surface area contributed by atoms with Crippen LogP contribution in [0.2, 0.25) is 0 Å². The first-order valence-corrected chi connectivity index (χ1v) is 10.2. The van der Waals surface area contributed by atoms with Crippen LogP contribution in [-0.4, -0.2) is 35.0 Å². The second kappa shape index (κ2) is 10.4. The number of aromatic nitrogens is 1. The summed E-state index contributed by atoms with van der Waals surface area (Å²) in [5.41, 5.74) is 1.73. The van der Waals surface area contributed by atoms with Crippen LogP contribution >= 0.6 is 0 Å². The van der Waals surface area contributed by atoms with Crippen LogP contribution in [0, 0.1) is 0 Å². The number of nitrogens with zero attached hydrogens (tertiary/aromatic N) is 2. The Hall–Kier alpha value is -3.61. The molecule has 3 aromatic rings. The SMILES string of the molecule is CCC(C)N(Cc1cc(C(=O)NCc2ccc(OC)cc2)no1)C(=O)c1ccccc1. The molecule has 7 heteroatoms. The van der Waals surface area contributed by atoms with Crippen LogP contribution in [0.15, 0.2) is 65.2 Å². The van der Waals surface area contributed by atoms with Crippen molar-refractivity contribution in [1.82, 2.24) is 15.4 Å². The number of carbonyl (C=O) groups excluding carboxylic acids is 2. The Morgan fingerprint density at radius 1 is 1.13 bits per heavy atom. The molecule has 31 heavy (non-hydrogen) atoms. The Labute approximate surface area is 182 Å². The topological polar surface area (TPSA) is 84.7 Å². The van der Waals surface area contributed by atoms with Crippen molar-refractivity contribution in [3.63, 3.8) is 0 Å². The minimum absolute atomic E-state index is 0.00477. The first-order valence-electron chi connectivity index (χ1n) is 10.2. The number of benzene rings is 2. The summed E-state index contributed by atoms with van der Waals surface area (Å²) >= 11 is 0. The number of carbonyl (C=O) groups is 2. The van der Waals surface area contributed by atoms with Crippen LogP contribution in [-0.2, 0) is 13.1 Å². The summed E-state index contributed by atoms with van der Waals surface area (Å²) in [7, 11) is 1.61. The third kappa shape index (κ3) is 5.72. The van der Waals surface area contributed by atoms with Crippen molar-refractivity contribution in [2.45, 2.75) is 39.4 Å². The van der Waals surface area contributed by atoms with E-state index in [1.165, 1.54) is 0 Å². The number of amides is 2. The lowest BCUT2D eigenvalue weighted by molar-refractivity contribution is 0.0651. The molecule has 0 bridgehead atoms. The minimum Gasteiger partial charge on any atom is -0.497 e. The van der Waals surface area contributed by atoms with Gasteiger partial charge in [0.15, 0.2) is 11.5 Å². The normalized spacial score (nSPS) is 11.6. The molecule has 2 amide bonds. The maximum atomic E-state index is 13.0. The number of ether oxygens (including phenoxy) is 1. The molecule has 7 nitrogen and oxygen atoms in total. The van der Waals surface area contributed by atoms with Gasteiger partial charge in [0.1, 0.15) is 5.75 Å². The quantitative estimate of drug-likeness (QED) is 0.563. The number of methoxy groups -OCH3 is 1. The van der Waals surface area contributed by atoms with Crippen LogP contribution in [0.4, 0.5) is 0 Å². The zero-order valence-electron chi connectivity index (χ0n) is 18.0. The van der Waals surface area contributed by atoms with Crippen molar-refractivity contribution in [3.05, 3.63) is 83.2 Å². The summed E-state index contributed by atoms with van der Waals surface area (Å²) in [6.45, 7) is 4.60. The molecule has 0 aliphatic rings. The second-order valence-electron chi connectivity index (χ2n) is 7.27. The van der Waals surface area contributed by atoms with Gasteiger partial charge in [-0.2, -0.15) is 0 Å². The molecular formula is C24H27N3O4. The fourth-order valence-electron chi connectivity index (χ4n) is 3.07. The van der Waals surface area contributed by atoms with Gasteiger partial charge in [-0.3, -0.25) is 9.59 Å². The van der Waals surface area contributed by atoms with Gasteiger partial charge in [0, 0.05) is 24.2 Å².